The molecule has 5 heteroatoms. The van der Waals surface area contributed by atoms with Gasteiger partial charge in [-0.2, -0.15) is 4.98 Å². The number of aromatic nitrogens is 2. The molecule has 2 aromatic rings. The van der Waals surface area contributed by atoms with Gasteiger partial charge in [0.1, 0.15) is 5.75 Å². The minimum atomic E-state index is 0.211. The molecule has 5 nitrogen and oxygen atoms in total. The highest BCUT2D eigenvalue weighted by molar-refractivity contribution is 5.28. The molecule has 0 aliphatic heterocycles. The van der Waals surface area contributed by atoms with Crippen LogP contribution in [0.15, 0.2) is 28.8 Å². The van der Waals surface area contributed by atoms with Crippen molar-refractivity contribution in [2.75, 3.05) is 7.11 Å². The van der Waals surface area contributed by atoms with Crippen molar-refractivity contribution >= 4 is 0 Å². The average Bonchev–Trinajstić information content (AvgIpc) is 2.82. The van der Waals surface area contributed by atoms with Crippen molar-refractivity contribution in [1.82, 2.24) is 15.5 Å². The van der Waals surface area contributed by atoms with E-state index in [1.807, 2.05) is 24.3 Å². The van der Waals surface area contributed by atoms with Crippen molar-refractivity contribution in [3.05, 3.63) is 41.5 Å². The number of aryl methyl sites for hydroxylation is 1. The second-order valence-corrected chi connectivity index (χ2v) is 4.11. The summed E-state index contributed by atoms with van der Waals surface area (Å²) in [6.45, 7) is 4.46. The number of nitrogens with one attached hydrogen (secondary N) is 1. The maximum absolute atomic E-state index is 5.13. The van der Waals surface area contributed by atoms with Gasteiger partial charge in [-0.15, -0.1) is 0 Å². The Balaban J connectivity index is 1.92. The van der Waals surface area contributed by atoms with Crippen LogP contribution in [0.5, 0.6) is 5.75 Å². The molecular weight excluding hydrogens is 230 g/mol. The number of methoxy groups -OCH3 is 1. The molecule has 0 amide bonds. The minimum Gasteiger partial charge on any atom is -0.497 e. The molecule has 1 heterocycles. The number of ether oxygens (including phenoxy) is 1. The SMILES string of the molecule is COc1ccc(C(C)NCc2nc(C)no2)cc1. The smallest absolute Gasteiger partial charge is 0.240 e. The Morgan fingerprint density at radius 2 is 2.06 bits per heavy atom. The van der Waals surface area contributed by atoms with E-state index in [0.717, 1.165) is 5.75 Å². The van der Waals surface area contributed by atoms with E-state index in [4.69, 9.17) is 9.26 Å². The summed E-state index contributed by atoms with van der Waals surface area (Å²) in [5.41, 5.74) is 1.19. The van der Waals surface area contributed by atoms with Gasteiger partial charge in [0.05, 0.1) is 13.7 Å². The van der Waals surface area contributed by atoms with Gasteiger partial charge in [0, 0.05) is 6.04 Å². The summed E-state index contributed by atoms with van der Waals surface area (Å²) in [5.74, 6) is 2.12. The van der Waals surface area contributed by atoms with Gasteiger partial charge in [-0.05, 0) is 31.5 Å². The van der Waals surface area contributed by atoms with Gasteiger partial charge in [-0.25, -0.2) is 0 Å². The molecule has 0 saturated carbocycles. The summed E-state index contributed by atoms with van der Waals surface area (Å²) in [4.78, 5) is 4.14. The van der Waals surface area contributed by atoms with E-state index >= 15 is 0 Å². The fraction of sp³-hybridized carbons (Fsp3) is 0.385. The van der Waals surface area contributed by atoms with Crippen molar-refractivity contribution in [2.24, 2.45) is 0 Å². The number of nitrogens with zero attached hydrogens (tertiary/aromatic N) is 2. The first-order valence-electron chi connectivity index (χ1n) is 5.85. The number of rotatable bonds is 5. The Morgan fingerprint density at radius 1 is 1.33 bits per heavy atom. The molecule has 0 bridgehead atoms. The number of hydrogen-bond donors (Lipinski definition) is 1. The highest BCUT2D eigenvalue weighted by Gasteiger charge is 2.08. The quantitative estimate of drug-likeness (QED) is 0.878. The third-order valence-electron chi connectivity index (χ3n) is 2.74. The van der Waals surface area contributed by atoms with Gasteiger partial charge in [0.2, 0.25) is 5.89 Å². The summed E-state index contributed by atoms with van der Waals surface area (Å²) in [6, 6.07) is 8.18. The van der Waals surface area contributed by atoms with Crippen molar-refractivity contribution in [3.8, 4) is 5.75 Å². The summed E-state index contributed by atoms with van der Waals surface area (Å²) >= 11 is 0. The lowest BCUT2D eigenvalue weighted by molar-refractivity contribution is 0.357. The van der Waals surface area contributed by atoms with Crippen LogP contribution in [-0.4, -0.2) is 17.3 Å². The molecule has 0 saturated heterocycles. The fourth-order valence-corrected chi connectivity index (χ4v) is 1.66. The van der Waals surface area contributed by atoms with Gasteiger partial charge in [0.25, 0.3) is 0 Å². The van der Waals surface area contributed by atoms with Crippen LogP contribution < -0.4 is 10.1 Å². The van der Waals surface area contributed by atoms with Crippen LogP contribution in [0, 0.1) is 6.92 Å². The number of benzene rings is 1. The zero-order valence-electron chi connectivity index (χ0n) is 10.8. The van der Waals surface area contributed by atoms with Crippen molar-refractivity contribution < 1.29 is 9.26 Å². The van der Waals surface area contributed by atoms with Crippen LogP contribution in [0.3, 0.4) is 0 Å². The zero-order valence-corrected chi connectivity index (χ0v) is 10.8. The van der Waals surface area contributed by atoms with Crippen molar-refractivity contribution in [1.29, 1.82) is 0 Å². The Labute approximate surface area is 106 Å². The molecule has 1 aromatic heterocycles. The predicted octanol–water partition coefficient (Wildman–Crippen LogP) is 2.24. The standard InChI is InChI=1S/C13H17N3O2/c1-9(11-4-6-12(17-3)7-5-11)14-8-13-15-10(2)16-18-13/h4-7,9,14H,8H2,1-3H3. The van der Waals surface area contributed by atoms with Gasteiger partial charge < -0.3 is 14.6 Å². The Hall–Kier alpha value is -1.88. The van der Waals surface area contributed by atoms with E-state index in [2.05, 4.69) is 22.4 Å². The maximum atomic E-state index is 5.13. The van der Waals surface area contributed by atoms with Crippen LogP contribution in [0.25, 0.3) is 0 Å². The monoisotopic (exact) mass is 247 g/mol. The van der Waals surface area contributed by atoms with Crippen LogP contribution in [0.4, 0.5) is 0 Å². The first-order valence-corrected chi connectivity index (χ1v) is 5.85. The molecule has 0 aliphatic carbocycles. The minimum absolute atomic E-state index is 0.211. The molecule has 2 rings (SSSR count). The molecule has 18 heavy (non-hydrogen) atoms. The first-order chi connectivity index (χ1) is 8.69. The molecule has 1 atom stereocenters. The molecule has 0 spiro atoms. The van der Waals surface area contributed by atoms with Crippen LogP contribution in [0.1, 0.15) is 30.2 Å². The van der Waals surface area contributed by atoms with E-state index in [1.54, 1.807) is 14.0 Å². The fourth-order valence-electron chi connectivity index (χ4n) is 1.66. The summed E-state index contributed by atoms with van der Waals surface area (Å²) in [6.07, 6.45) is 0. The molecule has 0 fully saturated rings. The van der Waals surface area contributed by atoms with E-state index < -0.39 is 0 Å². The Morgan fingerprint density at radius 3 is 2.61 bits per heavy atom. The lowest BCUT2D eigenvalue weighted by Crippen LogP contribution is -2.18. The van der Waals surface area contributed by atoms with Crippen molar-refractivity contribution in [2.45, 2.75) is 26.4 Å². The predicted molar refractivity (Wildman–Crippen MR) is 67.3 cm³/mol. The molecule has 0 radical (unpaired) electrons. The second kappa shape index (κ2) is 5.64. The van der Waals surface area contributed by atoms with E-state index in [9.17, 15) is 0 Å². The maximum Gasteiger partial charge on any atom is 0.240 e. The van der Waals surface area contributed by atoms with Gasteiger partial charge in [-0.3, -0.25) is 0 Å². The van der Waals surface area contributed by atoms with E-state index in [1.165, 1.54) is 5.56 Å². The van der Waals surface area contributed by atoms with Crippen molar-refractivity contribution in [3.63, 3.8) is 0 Å². The molecular formula is C13H17N3O2. The third kappa shape index (κ3) is 3.07. The lowest BCUT2D eigenvalue weighted by Gasteiger charge is -2.13. The van der Waals surface area contributed by atoms with Crippen LogP contribution in [-0.2, 0) is 6.54 Å². The molecule has 1 aromatic carbocycles. The largest absolute Gasteiger partial charge is 0.497 e. The van der Waals surface area contributed by atoms with Crippen LogP contribution >= 0.6 is 0 Å². The number of hydrogen-bond acceptors (Lipinski definition) is 5. The van der Waals surface area contributed by atoms with Gasteiger partial charge in [-0.1, -0.05) is 17.3 Å². The Bertz CT molecular complexity index is 493. The highest BCUT2D eigenvalue weighted by atomic mass is 16.5. The molecule has 0 aliphatic rings. The molecule has 1 unspecified atom stereocenters. The normalized spacial score (nSPS) is 12.4. The summed E-state index contributed by atoms with van der Waals surface area (Å²) in [7, 11) is 1.66. The Kier molecular flexibility index (Phi) is 3.94. The van der Waals surface area contributed by atoms with Gasteiger partial charge >= 0.3 is 0 Å². The average molecular weight is 247 g/mol. The molecule has 96 valence electrons. The first kappa shape index (κ1) is 12.6. The summed E-state index contributed by atoms with van der Waals surface area (Å²) in [5, 5.41) is 7.08. The van der Waals surface area contributed by atoms with Crippen LogP contribution in [0.2, 0.25) is 0 Å². The van der Waals surface area contributed by atoms with Gasteiger partial charge in [0.15, 0.2) is 5.82 Å². The van der Waals surface area contributed by atoms with E-state index in [-0.39, 0.29) is 6.04 Å². The second-order valence-electron chi connectivity index (χ2n) is 4.11. The molecule has 1 N–H and O–H groups in total. The summed E-state index contributed by atoms with van der Waals surface area (Å²) < 4.78 is 10.2. The van der Waals surface area contributed by atoms with E-state index in [0.29, 0.717) is 18.3 Å². The topological polar surface area (TPSA) is 60.2 Å². The zero-order chi connectivity index (χ0) is 13.0. The lowest BCUT2D eigenvalue weighted by atomic mass is 10.1. The highest BCUT2D eigenvalue weighted by Crippen LogP contribution is 2.17. The third-order valence-corrected chi connectivity index (χ3v) is 2.74.